The van der Waals surface area contributed by atoms with E-state index in [2.05, 4.69) is 9.71 Å². The molecule has 2 heterocycles. The van der Waals surface area contributed by atoms with Gasteiger partial charge in [0, 0.05) is 30.5 Å². The average molecular weight is 345 g/mol. The van der Waals surface area contributed by atoms with E-state index < -0.39 is 10.0 Å². The molecule has 6 nitrogen and oxygen atoms in total. The Labute approximate surface area is 141 Å². The van der Waals surface area contributed by atoms with Crippen molar-refractivity contribution in [3.05, 3.63) is 53.9 Å². The second kappa shape index (κ2) is 6.70. The fourth-order valence-electron chi connectivity index (χ4n) is 2.84. The molecule has 126 valence electrons. The molecule has 0 aliphatic carbocycles. The number of hydrogen-bond acceptors (Lipinski definition) is 4. The highest BCUT2D eigenvalue weighted by molar-refractivity contribution is 7.89. The summed E-state index contributed by atoms with van der Waals surface area (Å²) in [4.78, 5) is 18.7. The van der Waals surface area contributed by atoms with E-state index >= 15 is 0 Å². The van der Waals surface area contributed by atoms with Crippen LogP contribution in [0.25, 0.3) is 0 Å². The lowest BCUT2D eigenvalue weighted by Crippen LogP contribution is -2.29. The van der Waals surface area contributed by atoms with Gasteiger partial charge in [-0.25, -0.2) is 13.1 Å². The van der Waals surface area contributed by atoms with E-state index in [1.807, 2.05) is 18.2 Å². The van der Waals surface area contributed by atoms with E-state index in [1.165, 1.54) is 13.1 Å². The van der Waals surface area contributed by atoms with Crippen LogP contribution in [-0.2, 0) is 27.7 Å². The van der Waals surface area contributed by atoms with Gasteiger partial charge in [-0.3, -0.25) is 9.78 Å². The molecule has 1 aromatic heterocycles. The van der Waals surface area contributed by atoms with Crippen LogP contribution in [-0.4, -0.2) is 32.9 Å². The number of carbonyl (C=O) groups is 1. The maximum absolute atomic E-state index is 12.5. The number of amides is 1. The molecule has 1 aliphatic rings. The SMILES string of the molecule is CNS(=O)(=O)c1ccc2c(c1)CCN2C(=O)CCc1ccccn1. The summed E-state index contributed by atoms with van der Waals surface area (Å²) in [5.74, 6) is 0.0311. The van der Waals surface area contributed by atoms with E-state index in [4.69, 9.17) is 0 Å². The van der Waals surface area contributed by atoms with Gasteiger partial charge in [-0.1, -0.05) is 6.07 Å². The summed E-state index contributed by atoms with van der Waals surface area (Å²) in [7, 11) is -2.08. The highest BCUT2D eigenvalue weighted by Crippen LogP contribution is 2.30. The van der Waals surface area contributed by atoms with Crippen LogP contribution in [0.15, 0.2) is 47.5 Å². The van der Waals surface area contributed by atoms with Gasteiger partial charge in [-0.15, -0.1) is 0 Å². The van der Waals surface area contributed by atoms with E-state index in [0.717, 1.165) is 16.9 Å². The number of rotatable bonds is 5. The highest BCUT2D eigenvalue weighted by Gasteiger charge is 2.26. The van der Waals surface area contributed by atoms with Gasteiger partial charge in [0.25, 0.3) is 0 Å². The fourth-order valence-corrected chi connectivity index (χ4v) is 3.62. The summed E-state index contributed by atoms with van der Waals surface area (Å²) in [6, 6.07) is 10.5. The van der Waals surface area contributed by atoms with Crippen molar-refractivity contribution in [1.29, 1.82) is 0 Å². The number of aromatic nitrogens is 1. The summed E-state index contributed by atoms with van der Waals surface area (Å²) < 4.78 is 26.1. The van der Waals surface area contributed by atoms with E-state index in [-0.39, 0.29) is 10.8 Å². The average Bonchev–Trinajstić information content (AvgIpc) is 3.04. The smallest absolute Gasteiger partial charge is 0.240 e. The number of hydrogen-bond donors (Lipinski definition) is 1. The molecule has 24 heavy (non-hydrogen) atoms. The number of pyridine rings is 1. The van der Waals surface area contributed by atoms with Crippen molar-refractivity contribution in [2.45, 2.75) is 24.2 Å². The van der Waals surface area contributed by atoms with Gasteiger partial charge in [0.1, 0.15) is 0 Å². The molecule has 0 unspecified atom stereocenters. The molecule has 0 bridgehead atoms. The van der Waals surface area contributed by atoms with Crippen molar-refractivity contribution in [3.8, 4) is 0 Å². The van der Waals surface area contributed by atoms with Gasteiger partial charge in [-0.2, -0.15) is 0 Å². The fraction of sp³-hybridized carbons (Fsp3) is 0.294. The van der Waals surface area contributed by atoms with Crippen molar-refractivity contribution in [3.63, 3.8) is 0 Å². The Hall–Kier alpha value is -2.25. The van der Waals surface area contributed by atoms with Gasteiger partial charge in [0.2, 0.25) is 15.9 Å². The third kappa shape index (κ3) is 3.32. The standard InChI is InChI=1S/C17H19N3O3S/c1-18-24(22,23)15-6-7-16-13(12-15)9-11-20(16)17(21)8-5-14-4-2-3-10-19-14/h2-4,6-7,10,12,18H,5,8-9,11H2,1H3. The minimum atomic E-state index is -3.47. The molecule has 0 saturated carbocycles. The van der Waals surface area contributed by atoms with Crippen LogP contribution in [0.2, 0.25) is 0 Å². The Morgan fingerprint density at radius 1 is 1.29 bits per heavy atom. The molecular weight excluding hydrogens is 326 g/mol. The minimum Gasteiger partial charge on any atom is -0.312 e. The molecule has 0 atom stereocenters. The summed E-state index contributed by atoms with van der Waals surface area (Å²) in [5, 5.41) is 0. The van der Waals surface area contributed by atoms with Gasteiger partial charge in [0.05, 0.1) is 4.90 Å². The molecule has 0 spiro atoms. The topological polar surface area (TPSA) is 79.4 Å². The molecule has 0 fully saturated rings. The second-order valence-corrected chi connectivity index (χ2v) is 7.50. The molecule has 1 aliphatic heterocycles. The number of aryl methyl sites for hydroxylation is 1. The molecule has 2 aromatic rings. The van der Waals surface area contributed by atoms with Crippen molar-refractivity contribution in [1.82, 2.24) is 9.71 Å². The Morgan fingerprint density at radius 3 is 2.83 bits per heavy atom. The molecule has 7 heteroatoms. The normalized spacial score (nSPS) is 13.8. The molecule has 0 radical (unpaired) electrons. The third-order valence-corrected chi connectivity index (χ3v) is 5.56. The van der Waals surface area contributed by atoms with Gasteiger partial charge >= 0.3 is 0 Å². The van der Waals surface area contributed by atoms with Crippen LogP contribution in [0.4, 0.5) is 5.69 Å². The molecule has 1 N–H and O–H groups in total. The lowest BCUT2D eigenvalue weighted by molar-refractivity contribution is -0.118. The number of carbonyl (C=O) groups excluding carboxylic acids is 1. The number of benzene rings is 1. The van der Waals surface area contributed by atoms with E-state index in [9.17, 15) is 13.2 Å². The van der Waals surface area contributed by atoms with Gasteiger partial charge in [0.15, 0.2) is 0 Å². The monoisotopic (exact) mass is 345 g/mol. The Morgan fingerprint density at radius 2 is 2.12 bits per heavy atom. The molecule has 3 rings (SSSR count). The first-order valence-corrected chi connectivity index (χ1v) is 9.26. The molecule has 0 saturated heterocycles. The number of anilines is 1. The third-order valence-electron chi connectivity index (χ3n) is 4.15. The predicted molar refractivity (Wildman–Crippen MR) is 91.3 cm³/mol. The zero-order valence-electron chi connectivity index (χ0n) is 13.4. The van der Waals surface area contributed by atoms with E-state index in [1.54, 1.807) is 23.2 Å². The first kappa shape index (κ1) is 16.6. The van der Waals surface area contributed by atoms with Crippen LogP contribution in [0.5, 0.6) is 0 Å². The van der Waals surface area contributed by atoms with Crippen LogP contribution in [0, 0.1) is 0 Å². The predicted octanol–water partition coefficient (Wildman–Crippen LogP) is 1.51. The number of nitrogens with zero attached hydrogens (tertiary/aromatic N) is 2. The summed E-state index contributed by atoms with van der Waals surface area (Å²) in [6.45, 7) is 0.583. The van der Waals surface area contributed by atoms with Crippen molar-refractivity contribution >= 4 is 21.6 Å². The number of fused-ring (bicyclic) bond motifs is 1. The first-order valence-electron chi connectivity index (χ1n) is 7.78. The highest BCUT2D eigenvalue weighted by atomic mass is 32.2. The van der Waals surface area contributed by atoms with Crippen LogP contribution >= 0.6 is 0 Å². The van der Waals surface area contributed by atoms with Crippen LogP contribution in [0.3, 0.4) is 0 Å². The summed E-state index contributed by atoms with van der Waals surface area (Å²) >= 11 is 0. The Bertz CT molecular complexity index is 851. The number of sulfonamides is 1. The van der Waals surface area contributed by atoms with Crippen molar-refractivity contribution in [2.24, 2.45) is 0 Å². The molecule has 1 amide bonds. The van der Waals surface area contributed by atoms with Gasteiger partial charge < -0.3 is 4.90 Å². The van der Waals surface area contributed by atoms with E-state index in [0.29, 0.717) is 25.8 Å². The van der Waals surface area contributed by atoms with Crippen LogP contribution < -0.4 is 9.62 Å². The van der Waals surface area contributed by atoms with Gasteiger partial charge in [-0.05, 0) is 55.8 Å². The molecular formula is C17H19N3O3S. The minimum absolute atomic E-state index is 0.0311. The first-order chi connectivity index (χ1) is 11.5. The zero-order chi connectivity index (χ0) is 17.2. The van der Waals surface area contributed by atoms with Crippen LogP contribution in [0.1, 0.15) is 17.7 Å². The number of nitrogens with one attached hydrogen (secondary N) is 1. The summed E-state index contributed by atoms with van der Waals surface area (Å²) in [6.07, 6.45) is 3.36. The Balaban J connectivity index is 1.73. The largest absolute Gasteiger partial charge is 0.312 e. The quantitative estimate of drug-likeness (QED) is 0.891. The Kier molecular flexibility index (Phi) is 4.64. The zero-order valence-corrected chi connectivity index (χ0v) is 14.2. The maximum Gasteiger partial charge on any atom is 0.240 e. The lowest BCUT2D eigenvalue weighted by atomic mass is 10.1. The maximum atomic E-state index is 12.5. The lowest BCUT2D eigenvalue weighted by Gasteiger charge is -2.17. The van der Waals surface area contributed by atoms with Crippen molar-refractivity contribution < 1.29 is 13.2 Å². The van der Waals surface area contributed by atoms with Crippen molar-refractivity contribution in [2.75, 3.05) is 18.5 Å². The molecule has 1 aromatic carbocycles. The second-order valence-electron chi connectivity index (χ2n) is 5.61. The summed E-state index contributed by atoms with van der Waals surface area (Å²) in [5.41, 5.74) is 2.58.